The van der Waals surface area contributed by atoms with Gasteiger partial charge in [0.2, 0.25) is 0 Å². The normalized spacial score (nSPS) is 23.9. The molecular weight excluding hydrogens is 757 g/mol. The lowest BCUT2D eigenvalue weighted by molar-refractivity contribution is 0.0515. The van der Waals surface area contributed by atoms with Crippen molar-refractivity contribution in [1.82, 2.24) is 29.3 Å². The molecule has 1 saturated heterocycles. The number of nitrogens with one attached hydrogen (secondary N) is 3. The van der Waals surface area contributed by atoms with Gasteiger partial charge in [-0.3, -0.25) is 9.13 Å². The lowest BCUT2D eigenvalue weighted by atomic mass is 9.89. The molecule has 3 aliphatic rings. The molecule has 13 nitrogen and oxygen atoms in total. The second kappa shape index (κ2) is 16.7. The van der Waals surface area contributed by atoms with E-state index in [9.17, 15) is 19.5 Å². The van der Waals surface area contributed by atoms with E-state index in [4.69, 9.17) is 15.3 Å². The summed E-state index contributed by atoms with van der Waals surface area (Å²) in [5.41, 5.74) is 4.26. The minimum atomic E-state index is -0.912. The lowest BCUT2D eigenvalue weighted by Gasteiger charge is -2.34. The van der Waals surface area contributed by atoms with Crippen molar-refractivity contribution in [3.8, 4) is 12.1 Å². The van der Waals surface area contributed by atoms with E-state index < -0.39 is 11.2 Å². The van der Waals surface area contributed by atoms with E-state index in [1.165, 1.54) is 0 Å². The van der Waals surface area contributed by atoms with Crippen LogP contribution in [0.3, 0.4) is 0 Å². The molecule has 0 spiro atoms. The van der Waals surface area contributed by atoms with Crippen molar-refractivity contribution in [3.05, 3.63) is 140 Å². The Labute approximate surface area is 347 Å². The molecule has 13 heteroatoms. The molecule has 1 aliphatic heterocycles. The number of hydrogen-bond donors (Lipinski definition) is 4. The smallest absolute Gasteiger partial charge is 0.411 e. The monoisotopic (exact) mass is 806 g/mol. The van der Waals surface area contributed by atoms with E-state index in [0.29, 0.717) is 41.3 Å². The number of cyclic esters (lactones) is 1. The lowest BCUT2D eigenvalue weighted by Crippen LogP contribution is -2.42. The third-order valence-electron chi connectivity index (χ3n) is 12.8. The summed E-state index contributed by atoms with van der Waals surface area (Å²) in [5.74, 6) is 0. The minimum absolute atomic E-state index is 0.0737. The molecule has 60 heavy (non-hydrogen) atoms. The number of amides is 1. The van der Waals surface area contributed by atoms with Crippen molar-refractivity contribution in [2.75, 3.05) is 13.1 Å². The fraction of sp³-hybridized carbons (Fsp3) is 0.383. The number of hydrogen-bond acceptors (Lipinski definition) is 8. The van der Waals surface area contributed by atoms with Gasteiger partial charge in [0.05, 0.1) is 57.5 Å². The highest BCUT2D eigenvalue weighted by Crippen LogP contribution is 2.39. The average Bonchev–Trinajstić information content (AvgIpc) is 3.91. The Morgan fingerprint density at radius 3 is 1.73 bits per heavy atom. The number of nitriles is 2. The Bertz CT molecular complexity index is 2690. The van der Waals surface area contributed by atoms with Gasteiger partial charge in [-0.25, -0.2) is 14.4 Å². The van der Waals surface area contributed by atoms with Gasteiger partial charge in [0.15, 0.2) is 5.60 Å². The maximum atomic E-state index is 12.7. The summed E-state index contributed by atoms with van der Waals surface area (Å²) in [5, 5.41) is 32.4. The SMILES string of the molecule is CC(O)(CNC1CCC(n2c(=O)[nH]c3cc(C#N)ccc32)CC1)c1ccccc1.CC1(c2ccccc2)CN(C2CCC(n3c(=O)[nH]c4cc(C#N)ccc43)CC2)C(=O)O1. The summed E-state index contributed by atoms with van der Waals surface area (Å²) < 4.78 is 9.45. The highest BCUT2D eigenvalue weighted by atomic mass is 16.6. The predicted molar refractivity (Wildman–Crippen MR) is 228 cm³/mol. The molecule has 3 fully saturated rings. The van der Waals surface area contributed by atoms with Crippen LogP contribution in [0.15, 0.2) is 107 Å². The quantitative estimate of drug-likeness (QED) is 0.124. The number of rotatable bonds is 8. The number of aromatic nitrogens is 4. The van der Waals surface area contributed by atoms with E-state index >= 15 is 0 Å². The van der Waals surface area contributed by atoms with Gasteiger partial charge in [-0.1, -0.05) is 60.7 Å². The molecule has 1 amide bonds. The van der Waals surface area contributed by atoms with E-state index in [1.807, 2.05) is 101 Å². The van der Waals surface area contributed by atoms with Crippen molar-refractivity contribution in [1.29, 1.82) is 10.5 Å². The second-order valence-electron chi connectivity index (χ2n) is 16.9. The maximum Gasteiger partial charge on any atom is 0.411 e. The highest BCUT2D eigenvalue weighted by molar-refractivity contribution is 5.78. The zero-order valence-electron chi connectivity index (χ0n) is 33.9. The highest BCUT2D eigenvalue weighted by Gasteiger charge is 2.46. The number of H-pyrrole nitrogens is 2. The molecule has 3 heterocycles. The Morgan fingerprint density at radius 2 is 1.22 bits per heavy atom. The van der Waals surface area contributed by atoms with Crippen LogP contribution in [0.2, 0.25) is 0 Å². The van der Waals surface area contributed by atoms with E-state index in [0.717, 1.165) is 73.5 Å². The molecule has 2 atom stereocenters. The summed E-state index contributed by atoms with van der Waals surface area (Å²) in [7, 11) is 0. The van der Waals surface area contributed by atoms with E-state index in [2.05, 4.69) is 27.4 Å². The van der Waals surface area contributed by atoms with Crippen LogP contribution in [-0.2, 0) is 15.9 Å². The molecule has 0 radical (unpaired) electrons. The Hall–Kier alpha value is -6.41. The van der Waals surface area contributed by atoms with Gasteiger partial charge in [-0.15, -0.1) is 0 Å². The van der Waals surface area contributed by atoms with Gasteiger partial charge < -0.3 is 30.0 Å². The Balaban J connectivity index is 0.000000167. The minimum Gasteiger partial charge on any atom is -0.436 e. The fourth-order valence-corrected chi connectivity index (χ4v) is 9.43. The number of ether oxygens (including phenoxy) is 1. The zero-order chi connectivity index (χ0) is 42.0. The number of nitrogens with zero attached hydrogens (tertiary/aromatic N) is 5. The molecule has 4 N–H and O–H groups in total. The van der Waals surface area contributed by atoms with Crippen LogP contribution < -0.4 is 16.7 Å². The van der Waals surface area contributed by atoms with Crippen LogP contribution in [0.5, 0.6) is 0 Å². The van der Waals surface area contributed by atoms with Crippen LogP contribution in [0.4, 0.5) is 4.79 Å². The number of benzene rings is 4. The van der Waals surface area contributed by atoms with Crippen LogP contribution >= 0.6 is 0 Å². The molecule has 6 aromatic rings. The first-order valence-corrected chi connectivity index (χ1v) is 20.8. The number of aromatic amines is 2. The zero-order valence-corrected chi connectivity index (χ0v) is 33.9. The summed E-state index contributed by atoms with van der Waals surface area (Å²) in [6.07, 6.45) is 6.70. The average molecular weight is 807 g/mol. The molecule has 2 aliphatic carbocycles. The number of imidazole rings is 2. The van der Waals surface area contributed by atoms with Crippen LogP contribution in [-0.4, -0.2) is 60.4 Å². The van der Waals surface area contributed by atoms with Crippen LogP contribution in [0.25, 0.3) is 22.1 Å². The van der Waals surface area contributed by atoms with Crippen molar-refractivity contribution >= 4 is 28.2 Å². The maximum absolute atomic E-state index is 12.7. The third-order valence-corrected chi connectivity index (χ3v) is 12.8. The second-order valence-corrected chi connectivity index (χ2v) is 16.9. The first-order chi connectivity index (χ1) is 29.0. The predicted octanol–water partition coefficient (Wildman–Crippen LogP) is 7.23. The Morgan fingerprint density at radius 1 is 0.733 bits per heavy atom. The first kappa shape index (κ1) is 40.4. The number of aliphatic hydroxyl groups is 1. The molecule has 2 unspecified atom stereocenters. The van der Waals surface area contributed by atoms with E-state index in [1.54, 1.807) is 24.3 Å². The summed E-state index contributed by atoms with van der Waals surface area (Å²) in [6, 6.07) is 35.1. The van der Waals surface area contributed by atoms with Crippen molar-refractivity contribution in [2.24, 2.45) is 0 Å². The Kier molecular flexibility index (Phi) is 11.2. The van der Waals surface area contributed by atoms with E-state index in [-0.39, 0.29) is 35.6 Å². The summed E-state index contributed by atoms with van der Waals surface area (Å²) in [4.78, 5) is 45.4. The molecule has 9 rings (SSSR count). The molecule has 4 aromatic carbocycles. The van der Waals surface area contributed by atoms with Gasteiger partial charge >= 0.3 is 17.5 Å². The third kappa shape index (κ3) is 8.11. The number of fused-ring (bicyclic) bond motifs is 2. The van der Waals surface area contributed by atoms with Gasteiger partial charge in [0, 0.05) is 30.7 Å². The molecule has 308 valence electrons. The van der Waals surface area contributed by atoms with Crippen molar-refractivity contribution < 1.29 is 14.6 Å². The number of carbonyl (C=O) groups excluding carboxylic acids is 1. The number of carbonyl (C=O) groups is 1. The molecule has 2 saturated carbocycles. The molecule has 0 bridgehead atoms. The largest absolute Gasteiger partial charge is 0.436 e. The van der Waals surface area contributed by atoms with Crippen molar-refractivity contribution in [3.63, 3.8) is 0 Å². The van der Waals surface area contributed by atoms with Gasteiger partial charge in [-0.05, 0) is 113 Å². The first-order valence-electron chi connectivity index (χ1n) is 20.8. The van der Waals surface area contributed by atoms with Crippen LogP contribution in [0.1, 0.15) is 99.6 Å². The van der Waals surface area contributed by atoms with Gasteiger partial charge in [-0.2, -0.15) is 10.5 Å². The van der Waals surface area contributed by atoms with Crippen molar-refractivity contribution in [2.45, 2.75) is 101 Å². The fourth-order valence-electron chi connectivity index (χ4n) is 9.43. The van der Waals surface area contributed by atoms with Crippen LogP contribution in [0, 0.1) is 22.7 Å². The topological polar surface area (TPSA) is 185 Å². The summed E-state index contributed by atoms with van der Waals surface area (Å²) in [6.45, 7) is 4.83. The van der Waals surface area contributed by atoms with Gasteiger partial charge in [0.25, 0.3) is 0 Å². The summed E-state index contributed by atoms with van der Waals surface area (Å²) >= 11 is 0. The molecule has 2 aromatic heterocycles. The molecular formula is C47H50N8O5. The standard InChI is InChI=1S/C24H24N4O3.C23H26N4O2/c1-24(17-5-3-2-4-6-17)15-27(23(30)31-24)18-8-10-19(11-9-18)28-21-12-7-16(14-25)13-20(21)26-22(28)29;1-23(29,17-5-3-2-4-6-17)15-25-18-8-10-19(11-9-18)27-21-12-7-16(14-24)13-20(21)26-22(27)28/h2-7,12-13,18-19H,8-11,15H2,1H3,(H,26,29);2-7,12-13,18-19,25,29H,8-11,15H2,1H3,(H,26,28). The van der Waals surface area contributed by atoms with Gasteiger partial charge in [0.1, 0.15) is 0 Å².